The molecule has 1 unspecified atom stereocenters. The van der Waals surface area contributed by atoms with Crippen molar-refractivity contribution in [1.29, 1.82) is 0 Å². The molecule has 0 saturated heterocycles. The molecule has 0 aliphatic carbocycles. The fraction of sp³-hybridized carbons (Fsp3) is 0.417. The van der Waals surface area contributed by atoms with Crippen molar-refractivity contribution in [2.75, 3.05) is 11.9 Å². The zero-order valence-corrected chi connectivity index (χ0v) is 9.46. The lowest BCUT2D eigenvalue weighted by atomic mass is 10.1. The highest BCUT2D eigenvalue weighted by Gasteiger charge is 2.14. The molecule has 4 heteroatoms. The summed E-state index contributed by atoms with van der Waals surface area (Å²) in [6, 6.07) is 4.04. The highest BCUT2D eigenvalue weighted by molar-refractivity contribution is 5.94. The molecule has 0 aliphatic heterocycles. The third-order valence-electron chi connectivity index (χ3n) is 2.57. The second-order valence-electron chi connectivity index (χ2n) is 3.86. The number of carboxylic acid groups (broad SMARTS) is 1. The monoisotopic (exact) mass is 225 g/mol. The summed E-state index contributed by atoms with van der Waals surface area (Å²) in [4.78, 5) is 10.9. The highest BCUT2D eigenvalue weighted by Crippen LogP contribution is 2.20. The van der Waals surface area contributed by atoms with Gasteiger partial charge in [-0.15, -0.1) is 0 Å². The highest BCUT2D eigenvalue weighted by atomic mass is 19.1. The molecular weight excluding hydrogens is 209 g/mol. The summed E-state index contributed by atoms with van der Waals surface area (Å²) in [7, 11) is 0. The number of anilines is 1. The Kier molecular flexibility index (Phi) is 4.28. The Balaban J connectivity index is 2.88. The molecule has 0 radical (unpaired) electrons. The van der Waals surface area contributed by atoms with Crippen LogP contribution in [0.3, 0.4) is 0 Å². The summed E-state index contributed by atoms with van der Waals surface area (Å²) in [5.74, 6) is -1.27. The fourth-order valence-electron chi connectivity index (χ4n) is 1.30. The molecule has 1 aromatic rings. The molecule has 0 bridgehead atoms. The van der Waals surface area contributed by atoms with Gasteiger partial charge in [-0.25, -0.2) is 9.18 Å². The van der Waals surface area contributed by atoms with Crippen molar-refractivity contribution >= 4 is 11.7 Å². The quantitative estimate of drug-likeness (QED) is 0.809. The van der Waals surface area contributed by atoms with E-state index in [2.05, 4.69) is 5.32 Å². The molecule has 1 aromatic carbocycles. The Morgan fingerprint density at radius 3 is 2.81 bits per heavy atom. The smallest absolute Gasteiger partial charge is 0.337 e. The predicted molar refractivity (Wildman–Crippen MR) is 61.3 cm³/mol. The maximum Gasteiger partial charge on any atom is 0.337 e. The second kappa shape index (κ2) is 5.49. The van der Waals surface area contributed by atoms with Crippen molar-refractivity contribution in [1.82, 2.24) is 0 Å². The van der Waals surface area contributed by atoms with Crippen LogP contribution in [0.15, 0.2) is 18.2 Å². The lowest BCUT2D eigenvalue weighted by Gasteiger charge is -2.13. The number of hydrogen-bond acceptors (Lipinski definition) is 2. The minimum absolute atomic E-state index is 0.0247. The molecular formula is C12H16FNO2. The first-order chi connectivity index (χ1) is 7.56. The van der Waals surface area contributed by atoms with Crippen molar-refractivity contribution in [3.8, 4) is 0 Å². The van der Waals surface area contributed by atoms with Crippen LogP contribution in [0.2, 0.25) is 0 Å². The number of rotatable bonds is 5. The SMILES string of the molecule is CCC(C)CNc1c(F)cccc1C(=O)O. The van der Waals surface area contributed by atoms with E-state index in [0.29, 0.717) is 12.5 Å². The number of benzene rings is 1. The molecule has 0 spiro atoms. The molecule has 2 N–H and O–H groups in total. The number of halogens is 1. The van der Waals surface area contributed by atoms with Crippen molar-refractivity contribution in [3.05, 3.63) is 29.6 Å². The number of aromatic carboxylic acids is 1. The fourth-order valence-corrected chi connectivity index (χ4v) is 1.30. The summed E-state index contributed by atoms with van der Waals surface area (Å²) < 4.78 is 13.4. The lowest BCUT2D eigenvalue weighted by molar-refractivity contribution is 0.0697. The van der Waals surface area contributed by atoms with Crippen LogP contribution < -0.4 is 5.32 Å². The summed E-state index contributed by atoms with van der Waals surface area (Å²) in [6.07, 6.45) is 0.962. The van der Waals surface area contributed by atoms with Gasteiger partial charge in [-0.2, -0.15) is 0 Å². The van der Waals surface area contributed by atoms with Gasteiger partial charge in [0.2, 0.25) is 0 Å². The average molecular weight is 225 g/mol. The second-order valence-corrected chi connectivity index (χ2v) is 3.86. The molecule has 1 atom stereocenters. The molecule has 1 rings (SSSR count). The molecule has 0 amide bonds. The van der Waals surface area contributed by atoms with Crippen LogP contribution in [0.5, 0.6) is 0 Å². The van der Waals surface area contributed by atoms with Gasteiger partial charge in [0.1, 0.15) is 5.82 Å². The maximum atomic E-state index is 13.4. The summed E-state index contributed by atoms with van der Waals surface area (Å²) >= 11 is 0. The van der Waals surface area contributed by atoms with Crippen LogP contribution >= 0.6 is 0 Å². The summed E-state index contributed by atoms with van der Waals surface area (Å²) in [5, 5.41) is 11.8. The van der Waals surface area contributed by atoms with Gasteiger partial charge in [0.15, 0.2) is 0 Å². The number of carbonyl (C=O) groups is 1. The van der Waals surface area contributed by atoms with Gasteiger partial charge in [-0.3, -0.25) is 0 Å². The van der Waals surface area contributed by atoms with Gasteiger partial charge in [-0.05, 0) is 18.1 Å². The topological polar surface area (TPSA) is 49.3 Å². The van der Waals surface area contributed by atoms with Crippen LogP contribution in [0, 0.1) is 11.7 Å². The van der Waals surface area contributed by atoms with Gasteiger partial charge >= 0.3 is 5.97 Å². The molecule has 0 saturated carbocycles. The zero-order chi connectivity index (χ0) is 12.1. The normalized spacial score (nSPS) is 12.2. The van der Waals surface area contributed by atoms with E-state index >= 15 is 0 Å². The van der Waals surface area contributed by atoms with E-state index < -0.39 is 11.8 Å². The van der Waals surface area contributed by atoms with Gasteiger partial charge in [-0.1, -0.05) is 26.3 Å². The van der Waals surface area contributed by atoms with Gasteiger partial charge in [0, 0.05) is 6.54 Å². The van der Waals surface area contributed by atoms with E-state index in [9.17, 15) is 9.18 Å². The van der Waals surface area contributed by atoms with Crippen LogP contribution in [-0.4, -0.2) is 17.6 Å². The first-order valence-corrected chi connectivity index (χ1v) is 5.32. The van der Waals surface area contributed by atoms with Crippen molar-refractivity contribution in [2.45, 2.75) is 20.3 Å². The predicted octanol–water partition coefficient (Wildman–Crippen LogP) is 2.98. The van der Waals surface area contributed by atoms with Gasteiger partial charge in [0.25, 0.3) is 0 Å². The third-order valence-corrected chi connectivity index (χ3v) is 2.57. The number of hydrogen-bond donors (Lipinski definition) is 2. The first kappa shape index (κ1) is 12.5. The Labute approximate surface area is 94.3 Å². The number of nitrogens with one attached hydrogen (secondary N) is 1. The Morgan fingerprint density at radius 2 is 2.25 bits per heavy atom. The van der Waals surface area contributed by atoms with E-state index in [4.69, 9.17) is 5.11 Å². The summed E-state index contributed by atoms with van der Waals surface area (Å²) in [5.41, 5.74) is 0.0543. The summed E-state index contributed by atoms with van der Waals surface area (Å²) in [6.45, 7) is 4.62. The Hall–Kier alpha value is -1.58. The molecule has 3 nitrogen and oxygen atoms in total. The molecule has 0 heterocycles. The molecule has 16 heavy (non-hydrogen) atoms. The Bertz CT molecular complexity index is 379. The van der Waals surface area contributed by atoms with E-state index in [-0.39, 0.29) is 11.3 Å². The number of para-hydroxylation sites is 1. The molecule has 88 valence electrons. The standard InChI is InChI=1S/C12H16FNO2/c1-3-8(2)7-14-11-9(12(15)16)5-4-6-10(11)13/h4-6,8,14H,3,7H2,1-2H3,(H,15,16). The molecule has 0 aliphatic rings. The van der Waals surface area contributed by atoms with Crippen molar-refractivity contribution in [3.63, 3.8) is 0 Å². The maximum absolute atomic E-state index is 13.4. The van der Waals surface area contributed by atoms with E-state index in [0.717, 1.165) is 6.42 Å². The first-order valence-electron chi connectivity index (χ1n) is 5.32. The molecule has 0 aromatic heterocycles. The average Bonchev–Trinajstić information content (AvgIpc) is 2.26. The van der Waals surface area contributed by atoms with E-state index in [1.54, 1.807) is 0 Å². The van der Waals surface area contributed by atoms with Crippen LogP contribution in [0.25, 0.3) is 0 Å². The van der Waals surface area contributed by atoms with E-state index in [1.165, 1.54) is 18.2 Å². The van der Waals surface area contributed by atoms with Gasteiger partial charge < -0.3 is 10.4 Å². The molecule has 0 fully saturated rings. The lowest BCUT2D eigenvalue weighted by Crippen LogP contribution is -2.14. The van der Waals surface area contributed by atoms with E-state index in [1.807, 2.05) is 13.8 Å². The largest absolute Gasteiger partial charge is 0.478 e. The minimum atomic E-state index is -1.12. The van der Waals surface area contributed by atoms with Crippen LogP contribution in [-0.2, 0) is 0 Å². The van der Waals surface area contributed by atoms with Crippen molar-refractivity contribution < 1.29 is 14.3 Å². The minimum Gasteiger partial charge on any atom is -0.478 e. The zero-order valence-electron chi connectivity index (χ0n) is 9.46. The van der Waals surface area contributed by atoms with Crippen LogP contribution in [0.1, 0.15) is 30.6 Å². The third kappa shape index (κ3) is 2.95. The Morgan fingerprint density at radius 1 is 1.56 bits per heavy atom. The van der Waals surface area contributed by atoms with Crippen molar-refractivity contribution in [2.24, 2.45) is 5.92 Å². The van der Waals surface area contributed by atoms with Gasteiger partial charge in [0.05, 0.1) is 11.3 Å². The number of carboxylic acids is 1. The van der Waals surface area contributed by atoms with Crippen LogP contribution in [0.4, 0.5) is 10.1 Å².